The molecule has 7 nitrogen and oxygen atoms in total. The van der Waals surface area contributed by atoms with Crippen LogP contribution < -0.4 is 10.2 Å². The van der Waals surface area contributed by atoms with Crippen molar-refractivity contribution in [3.8, 4) is 0 Å². The summed E-state index contributed by atoms with van der Waals surface area (Å²) >= 11 is 0. The van der Waals surface area contributed by atoms with Crippen LogP contribution in [0.15, 0.2) is 35.1 Å². The minimum Gasteiger partial charge on any atom is -0.355 e. The van der Waals surface area contributed by atoms with Gasteiger partial charge in [0, 0.05) is 19.6 Å². The first-order chi connectivity index (χ1) is 13.1. The number of nitrogens with zero attached hydrogens (tertiary/aromatic N) is 4. The SMILES string of the molecule is Cc1ccc(CNC(=O)[C@H]2CCCN(c3ncnc4onc(C)c34)C2)cc1. The zero-order valence-corrected chi connectivity index (χ0v) is 15.6. The molecule has 1 atom stereocenters. The Labute approximate surface area is 157 Å². The minimum atomic E-state index is -0.0608. The monoisotopic (exact) mass is 365 g/mol. The van der Waals surface area contributed by atoms with Gasteiger partial charge < -0.3 is 14.7 Å². The number of piperidine rings is 1. The van der Waals surface area contributed by atoms with Crippen LogP contribution in [0.25, 0.3) is 11.1 Å². The smallest absolute Gasteiger partial charge is 0.263 e. The summed E-state index contributed by atoms with van der Waals surface area (Å²) in [5.41, 5.74) is 3.59. The van der Waals surface area contributed by atoms with E-state index in [-0.39, 0.29) is 11.8 Å². The van der Waals surface area contributed by atoms with Crippen LogP contribution in [-0.4, -0.2) is 34.1 Å². The van der Waals surface area contributed by atoms with Crippen molar-refractivity contribution in [2.24, 2.45) is 5.92 Å². The van der Waals surface area contributed by atoms with Crippen LogP contribution in [0.4, 0.5) is 5.82 Å². The second kappa shape index (κ2) is 7.34. The fourth-order valence-electron chi connectivity index (χ4n) is 3.57. The quantitative estimate of drug-likeness (QED) is 0.765. The van der Waals surface area contributed by atoms with Gasteiger partial charge in [-0.1, -0.05) is 35.0 Å². The molecule has 0 radical (unpaired) electrons. The number of rotatable bonds is 4. The number of amides is 1. The Morgan fingerprint density at radius 2 is 2.07 bits per heavy atom. The Hall–Kier alpha value is -2.96. The predicted octanol–water partition coefficient (Wildman–Crippen LogP) is 2.77. The first-order valence-corrected chi connectivity index (χ1v) is 9.27. The molecule has 27 heavy (non-hydrogen) atoms. The molecule has 1 N–H and O–H groups in total. The van der Waals surface area contributed by atoms with Crippen LogP contribution >= 0.6 is 0 Å². The van der Waals surface area contributed by atoms with Gasteiger partial charge in [0.05, 0.1) is 11.6 Å². The minimum absolute atomic E-state index is 0.0608. The molecule has 1 amide bonds. The summed E-state index contributed by atoms with van der Waals surface area (Å²) < 4.78 is 5.24. The zero-order valence-electron chi connectivity index (χ0n) is 15.6. The summed E-state index contributed by atoms with van der Waals surface area (Å²) in [5, 5.41) is 7.90. The third-order valence-corrected chi connectivity index (χ3v) is 5.10. The van der Waals surface area contributed by atoms with Gasteiger partial charge in [-0.05, 0) is 32.3 Å². The molecule has 0 saturated carbocycles. The molecule has 1 aliphatic heterocycles. The maximum Gasteiger partial charge on any atom is 0.263 e. The van der Waals surface area contributed by atoms with Gasteiger partial charge in [0.15, 0.2) is 0 Å². The van der Waals surface area contributed by atoms with Crippen molar-refractivity contribution in [1.82, 2.24) is 20.4 Å². The normalized spacial score (nSPS) is 17.3. The van der Waals surface area contributed by atoms with Crippen LogP contribution in [0.5, 0.6) is 0 Å². The number of hydrogen-bond donors (Lipinski definition) is 1. The van der Waals surface area contributed by atoms with Gasteiger partial charge in [-0.25, -0.2) is 4.98 Å². The molecule has 140 valence electrons. The van der Waals surface area contributed by atoms with E-state index in [2.05, 4.69) is 56.5 Å². The zero-order chi connectivity index (χ0) is 18.8. The molecule has 1 saturated heterocycles. The van der Waals surface area contributed by atoms with Crippen molar-refractivity contribution < 1.29 is 9.32 Å². The van der Waals surface area contributed by atoms with E-state index in [0.717, 1.165) is 41.8 Å². The molecule has 3 heterocycles. The third-order valence-electron chi connectivity index (χ3n) is 5.10. The van der Waals surface area contributed by atoms with Gasteiger partial charge >= 0.3 is 0 Å². The number of nitrogens with one attached hydrogen (secondary N) is 1. The third kappa shape index (κ3) is 3.63. The molecule has 4 rings (SSSR count). The Morgan fingerprint density at radius 1 is 1.26 bits per heavy atom. The van der Waals surface area contributed by atoms with E-state index < -0.39 is 0 Å². The fourth-order valence-corrected chi connectivity index (χ4v) is 3.57. The molecular formula is C20H23N5O2. The molecule has 1 aliphatic rings. The van der Waals surface area contributed by atoms with Crippen LogP contribution in [-0.2, 0) is 11.3 Å². The molecule has 0 spiro atoms. The topological polar surface area (TPSA) is 84.2 Å². The van der Waals surface area contributed by atoms with Crippen LogP contribution in [0, 0.1) is 19.8 Å². The average Bonchev–Trinajstić information content (AvgIpc) is 3.08. The number of benzene rings is 1. The molecule has 0 bridgehead atoms. The van der Waals surface area contributed by atoms with Crippen LogP contribution in [0.3, 0.4) is 0 Å². The highest BCUT2D eigenvalue weighted by Crippen LogP contribution is 2.29. The number of fused-ring (bicyclic) bond motifs is 1. The van der Waals surface area contributed by atoms with E-state index >= 15 is 0 Å². The van der Waals surface area contributed by atoms with E-state index in [1.807, 2.05) is 6.92 Å². The fraction of sp³-hybridized carbons (Fsp3) is 0.400. The van der Waals surface area contributed by atoms with E-state index in [1.54, 1.807) is 0 Å². The Morgan fingerprint density at radius 3 is 2.89 bits per heavy atom. The standard InChI is InChI=1S/C20H23N5O2/c1-13-5-7-15(8-6-13)10-21-19(26)16-4-3-9-25(11-16)18-17-14(2)24-27-20(17)23-12-22-18/h5-8,12,16H,3-4,9-11H2,1-2H3,(H,21,26)/t16-/m0/s1. The lowest BCUT2D eigenvalue weighted by atomic mass is 9.96. The Balaban J connectivity index is 1.45. The summed E-state index contributed by atoms with van der Waals surface area (Å²) in [5.74, 6) is 0.830. The van der Waals surface area contributed by atoms with Crippen molar-refractivity contribution >= 4 is 22.8 Å². The molecular weight excluding hydrogens is 342 g/mol. The van der Waals surface area contributed by atoms with Gasteiger partial charge in [-0.2, -0.15) is 4.98 Å². The number of hydrogen-bond acceptors (Lipinski definition) is 6. The second-order valence-corrected chi connectivity index (χ2v) is 7.13. The van der Waals surface area contributed by atoms with Crippen molar-refractivity contribution in [2.75, 3.05) is 18.0 Å². The van der Waals surface area contributed by atoms with E-state index in [4.69, 9.17) is 4.52 Å². The highest BCUT2D eigenvalue weighted by atomic mass is 16.5. The first kappa shape index (κ1) is 17.5. The lowest BCUT2D eigenvalue weighted by Crippen LogP contribution is -2.43. The average molecular weight is 365 g/mol. The Bertz CT molecular complexity index is 951. The first-order valence-electron chi connectivity index (χ1n) is 9.27. The largest absolute Gasteiger partial charge is 0.355 e. The number of aromatic nitrogens is 3. The number of aryl methyl sites for hydroxylation is 2. The van der Waals surface area contributed by atoms with Crippen molar-refractivity contribution in [3.63, 3.8) is 0 Å². The maximum absolute atomic E-state index is 12.7. The molecule has 7 heteroatoms. The maximum atomic E-state index is 12.7. The lowest BCUT2D eigenvalue weighted by molar-refractivity contribution is -0.125. The van der Waals surface area contributed by atoms with Crippen molar-refractivity contribution in [1.29, 1.82) is 0 Å². The lowest BCUT2D eigenvalue weighted by Gasteiger charge is -2.33. The number of carbonyl (C=O) groups is 1. The molecule has 1 fully saturated rings. The van der Waals surface area contributed by atoms with Gasteiger partial charge in [-0.3, -0.25) is 4.79 Å². The summed E-state index contributed by atoms with van der Waals surface area (Å²) in [6.07, 6.45) is 3.31. The number of carbonyl (C=O) groups excluding carboxylic acids is 1. The summed E-state index contributed by atoms with van der Waals surface area (Å²) in [6, 6.07) is 8.22. The van der Waals surface area contributed by atoms with Gasteiger partial charge in [-0.15, -0.1) is 0 Å². The van der Waals surface area contributed by atoms with Gasteiger partial charge in [0.1, 0.15) is 17.5 Å². The van der Waals surface area contributed by atoms with Crippen LogP contribution in [0.2, 0.25) is 0 Å². The summed E-state index contributed by atoms with van der Waals surface area (Å²) in [7, 11) is 0. The van der Waals surface area contributed by atoms with E-state index in [9.17, 15) is 4.79 Å². The van der Waals surface area contributed by atoms with Crippen molar-refractivity contribution in [2.45, 2.75) is 33.2 Å². The molecule has 2 aromatic heterocycles. The molecule has 0 unspecified atom stereocenters. The summed E-state index contributed by atoms with van der Waals surface area (Å²) in [6.45, 7) is 5.99. The second-order valence-electron chi connectivity index (χ2n) is 7.13. The van der Waals surface area contributed by atoms with Crippen LogP contribution in [0.1, 0.15) is 29.7 Å². The number of anilines is 1. The molecule has 1 aromatic carbocycles. The van der Waals surface area contributed by atoms with E-state index in [0.29, 0.717) is 18.8 Å². The van der Waals surface area contributed by atoms with Gasteiger partial charge in [0.25, 0.3) is 5.71 Å². The van der Waals surface area contributed by atoms with E-state index in [1.165, 1.54) is 11.9 Å². The van der Waals surface area contributed by atoms with Gasteiger partial charge in [0.2, 0.25) is 5.91 Å². The predicted molar refractivity (Wildman–Crippen MR) is 102 cm³/mol. The summed E-state index contributed by atoms with van der Waals surface area (Å²) in [4.78, 5) is 23.4. The highest BCUT2D eigenvalue weighted by Gasteiger charge is 2.28. The molecule has 0 aliphatic carbocycles. The Kier molecular flexibility index (Phi) is 4.75. The highest BCUT2D eigenvalue weighted by molar-refractivity contribution is 5.88. The molecule has 3 aromatic rings. The van der Waals surface area contributed by atoms with Crippen molar-refractivity contribution in [3.05, 3.63) is 47.4 Å².